The fraction of sp³-hybridized carbons (Fsp3) is 0.462. The molecule has 0 amide bonds. The van der Waals surface area contributed by atoms with Crippen LogP contribution in [0.2, 0.25) is 0 Å². The van der Waals surface area contributed by atoms with Gasteiger partial charge in [-0.05, 0) is 37.6 Å². The Morgan fingerprint density at radius 3 is 3.19 bits per heavy atom. The van der Waals surface area contributed by atoms with Crippen molar-refractivity contribution in [2.45, 2.75) is 25.5 Å². The molecule has 3 nitrogen and oxygen atoms in total. The number of likely N-dealkylation sites (N-methyl/N-ethyl adjacent to an activating group) is 1. The van der Waals surface area contributed by atoms with Crippen LogP contribution < -0.4 is 0 Å². The first-order chi connectivity index (χ1) is 7.84. The minimum absolute atomic E-state index is 0.340. The van der Waals surface area contributed by atoms with Crippen molar-refractivity contribution < 1.29 is 4.74 Å². The van der Waals surface area contributed by atoms with Crippen LogP contribution in [-0.4, -0.2) is 29.6 Å². The summed E-state index contributed by atoms with van der Waals surface area (Å²) >= 11 is 0. The molecule has 16 heavy (non-hydrogen) atoms. The molecule has 1 aromatic rings. The van der Waals surface area contributed by atoms with Crippen LogP contribution in [0.3, 0.4) is 0 Å². The van der Waals surface area contributed by atoms with E-state index in [1.54, 1.807) is 6.20 Å². The highest BCUT2D eigenvalue weighted by Gasteiger charge is 2.13. The van der Waals surface area contributed by atoms with Crippen LogP contribution in [0.1, 0.15) is 18.4 Å². The fourth-order valence-electron chi connectivity index (χ4n) is 1.93. The summed E-state index contributed by atoms with van der Waals surface area (Å²) in [6.07, 6.45) is 10.2. The van der Waals surface area contributed by atoms with Gasteiger partial charge in [0.2, 0.25) is 0 Å². The van der Waals surface area contributed by atoms with Crippen LogP contribution in [-0.2, 0) is 11.3 Å². The van der Waals surface area contributed by atoms with Crippen LogP contribution in [0.25, 0.3) is 0 Å². The van der Waals surface area contributed by atoms with Gasteiger partial charge in [-0.25, -0.2) is 0 Å². The van der Waals surface area contributed by atoms with Gasteiger partial charge in [0.05, 0.1) is 6.26 Å². The van der Waals surface area contributed by atoms with Gasteiger partial charge in [-0.1, -0.05) is 6.07 Å². The lowest BCUT2D eigenvalue weighted by Crippen LogP contribution is -2.30. The van der Waals surface area contributed by atoms with Crippen LogP contribution in [0.5, 0.6) is 0 Å². The summed E-state index contributed by atoms with van der Waals surface area (Å²) in [5, 5.41) is 0. The topological polar surface area (TPSA) is 25.4 Å². The largest absolute Gasteiger partial charge is 0.497 e. The Hall–Kier alpha value is -1.35. The molecule has 0 fully saturated rings. The first-order valence-corrected chi connectivity index (χ1v) is 5.72. The molecule has 0 bridgehead atoms. The van der Waals surface area contributed by atoms with E-state index < -0.39 is 0 Å². The highest BCUT2D eigenvalue weighted by atomic mass is 16.5. The number of nitrogens with zero attached hydrogens (tertiary/aromatic N) is 2. The van der Waals surface area contributed by atoms with E-state index in [4.69, 9.17) is 4.74 Å². The van der Waals surface area contributed by atoms with Crippen molar-refractivity contribution >= 4 is 0 Å². The zero-order chi connectivity index (χ0) is 11.2. The summed E-state index contributed by atoms with van der Waals surface area (Å²) in [5.74, 6) is 0. The molecule has 0 unspecified atom stereocenters. The van der Waals surface area contributed by atoms with Crippen molar-refractivity contribution in [3.8, 4) is 0 Å². The molecule has 0 aliphatic carbocycles. The minimum Gasteiger partial charge on any atom is -0.497 e. The second-order valence-corrected chi connectivity index (χ2v) is 4.27. The molecule has 1 atom stereocenters. The summed E-state index contributed by atoms with van der Waals surface area (Å²) in [5.41, 5.74) is 1.25. The first-order valence-electron chi connectivity index (χ1n) is 5.72. The second kappa shape index (κ2) is 5.66. The van der Waals surface area contributed by atoms with Crippen molar-refractivity contribution in [3.05, 3.63) is 42.4 Å². The number of allylic oxidation sites excluding steroid dienone is 1. The molecule has 0 saturated carbocycles. The van der Waals surface area contributed by atoms with Gasteiger partial charge in [0.25, 0.3) is 0 Å². The molecule has 1 aliphatic heterocycles. The van der Waals surface area contributed by atoms with Crippen molar-refractivity contribution in [1.82, 2.24) is 9.88 Å². The van der Waals surface area contributed by atoms with Crippen molar-refractivity contribution in [2.24, 2.45) is 0 Å². The van der Waals surface area contributed by atoms with E-state index in [2.05, 4.69) is 29.1 Å². The minimum atomic E-state index is 0.340. The molecule has 0 spiro atoms. The maximum absolute atomic E-state index is 5.55. The summed E-state index contributed by atoms with van der Waals surface area (Å²) in [7, 11) is 2.12. The third-order valence-corrected chi connectivity index (χ3v) is 2.71. The van der Waals surface area contributed by atoms with Crippen molar-refractivity contribution in [2.75, 3.05) is 13.6 Å². The van der Waals surface area contributed by atoms with Gasteiger partial charge in [0, 0.05) is 25.5 Å². The molecule has 3 heteroatoms. The maximum Gasteiger partial charge on any atom is 0.111 e. The van der Waals surface area contributed by atoms with E-state index in [0.29, 0.717) is 6.10 Å². The van der Waals surface area contributed by atoms with Crippen molar-refractivity contribution in [1.29, 1.82) is 0 Å². The van der Waals surface area contributed by atoms with Gasteiger partial charge >= 0.3 is 0 Å². The third kappa shape index (κ3) is 3.35. The summed E-state index contributed by atoms with van der Waals surface area (Å²) < 4.78 is 5.55. The predicted octanol–water partition coefficient (Wildman–Crippen LogP) is 2.21. The van der Waals surface area contributed by atoms with E-state index in [-0.39, 0.29) is 0 Å². The molecule has 0 aromatic carbocycles. The highest BCUT2D eigenvalue weighted by molar-refractivity contribution is 5.07. The Bertz CT molecular complexity index is 337. The Labute approximate surface area is 96.7 Å². The van der Waals surface area contributed by atoms with E-state index >= 15 is 0 Å². The van der Waals surface area contributed by atoms with E-state index in [1.165, 1.54) is 5.56 Å². The van der Waals surface area contributed by atoms with Gasteiger partial charge in [-0.3, -0.25) is 9.88 Å². The Balaban J connectivity index is 1.80. The van der Waals surface area contributed by atoms with Gasteiger partial charge in [-0.2, -0.15) is 0 Å². The Morgan fingerprint density at radius 2 is 2.50 bits per heavy atom. The normalized spacial score (nSPS) is 19.8. The van der Waals surface area contributed by atoms with Crippen LogP contribution in [0, 0.1) is 0 Å². The van der Waals surface area contributed by atoms with Gasteiger partial charge < -0.3 is 4.74 Å². The monoisotopic (exact) mass is 218 g/mol. The van der Waals surface area contributed by atoms with Gasteiger partial charge in [0.15, 0.2) is 0 Å². The number of hydrogen-bond acceptors (Lipinski definition) is 3. The number of rotatable bonds is 4. The zero-order valence-corrected chi connectivity index (χ0v) is 9.67. The summed E-state index contributed by atoms with van der Waals surface area (Å²) in [6.45, 7) is 1.90. The summed E-state index contributed by atoms with van der Waals surface area (Å²) in [6, 6.07) is 4.08. The molecule has 0 saturated heterocycles. The summed E-state index contributed by atoms with van der Waals surface area (Å²) in [4.78, 5) is 6.39. The average molecular weight is 218 g/mol. The lowest BCUT2D eigenvalue weighted by atomic mass is 10.1. The molecular weight excluding hydrogens is 200 g/mol. The van der Waals surface area contributed by atoms with Gasteiger partial charge in [-0.15, -0.1) is 0 Å². The maximum atomic E-state index is 5.55. The van der Waals surface area contributed by atoms with Crippen LogP contribution >= 0.6 is 0 Å². The third-order valence-electron chi connectivity index (χ3n) is 2.71. The van der Waals surface area contributed by atoms with E-state index in [9.17, 15) is 0 Å². The molecular formula is C13H18N2O. The highest BCUT2D eigenvalue weighted by Crippen LogP contribution is 2.12. The second-order valence-electron chi connectivity index (χ2n) is 4.27. The number of ether oxygens (including phenoxy) is 1. The van der Waals surface area contributed by atoms with Crippen LogP contribution in [0.15, 0.2) is 36.9 Å². The molecule has 1 aliphatic rings. The van der Waals surface area contributed by atoms with Crippen LogP contribution in [0.4, 0.5) is 0 Å². The number of hydrogen-bond donors (Lipinski definition) is 0. The van der Waals surface area contributed by atoms with Crippen molar-refractivity contribution in [3.63, 3.8) is 0 Å². The molecule has 2 heterocycles. The van der Waals surface area contributed by atoms with Gasteiger partial charge in [0.1, 0.15) is 6.10 Å². The number of aromatic nitrogens is 1. The molecule has 86 valence electrons. The lowest BCUT2D eigenvalue weighted by Gasteiger charge is -2.25. The Kier molecular flexibility index (Phi) is 3.94. The van der Waals surface area contributed by atoms with E-state index in [0.717, 1.165) is 25.9 Å². The standard InChI is InChI=1S/C13H18N2O/c1-15(10-12-5-4-7-14-9-12)11-13-6-2-3-8-16-13/h3-5,7-9,13H,2,6,10-11H2,1H3/t13-/m1/s1. The molecule has 2 rings (SSSR count). The fourth-order valence-corrected chi connectivity index (χ4v) is 1.93. The Morgan fingerprint density at radius 1 is 1.56 bits per heavy atom. The SMILES string of the molecule is CN(Cc1cccnc1)C[C@H]1CCC=CO1. The molecule has 0 radical (unpaired) electrons. The number of pyridine rings is 1. The zero-order valence-electron chi connectivity index (χ0n) is 9.67. The first kappa shape index (κ1) is 11.1. The average Bonchev–Trinajstić information content (AvgIpc) is 2.31. The van der Waals surface area contributed by atoms with E-state index in [1.807, 2.05) is 18.5 Å². The molecule has 0 N–H and O–H groups in total. The molecule has 1 aromatic heterocycles. The predicted molar refractivity (Wildman–Crippen MR) is 63.8 cm³/mol. The smallest absolute Gasteiger partial charge is 0.111 e. The quantitative estimate of drug-likeness (QED) is 0.774. The lowest BCUT2D eigenvalue weighted by molar-refractivity contribution is 0.0859.